The van der Waals surface area contributed by atoms with Crippen LogP contribution in [0.25, 0.3) is 11.1 Å². The van der Waals surface area contributed by atoms with E-state index in [1.54, 1.807) is 25.4 Å². The van der Waals surface area contributed by atoms with Crippen LogP contribution in [0.15, 0.2) is 28.9 Å². The molecule has 3 aromatic rings. The molecule has 0 spiro atoms. The molecule has 1 saturated heterocycles. The molecule has 7 nitrogen and oxygen atoms in total. The molecular formula is C20H23N5O2. The topological polar surface area (TPSA) is 75.4 Å². The minimum absolute atomic E-state index is 0.0289. The van der Waals surface area contributed by atoms with Crippen LogP contribution in [0.1, 0.15) is 34.4 Å². The predicted octanol–water partition coefficient (Wildman–Crippen LogP) is 2.76. The van der Waals surface area contributed by atoms with Crippen LogP contribution in [0.4, 0.5) is 5.82 Å². The number of hydrogen-bond donors (Lipinski definition) is 0. The molecule has 0 radical (unpaired) electrons. The van der Waals surface area contributed by atoms with E-state index in [0.717, 1.165) is 48.8 Å². The number of carbonyl (C=O) groups excluding carboxylic acids is 1. The van der Waals surface area contributed by atoms with Crippen LogP contribution in [0, 0.1) is 13.8 Å². The van der Waals surface area contributed by atoms with Crippen LogP contribution in [0.2, 0.25) is 0 Å². The molecule has 1 aliphatic heterocycles. The lowest BCUT2D eigenvalue weighted by Crippen LogP contribution is -2.46. The smallest absolute Gasteiger partial charge is 0.209 e. The minimum atomic E-state index is 0.0289. The number of nitrogens with zero attached hydrogens (tertiary/aromatic N) is 5. The molecular weight excluding hydrogens is 342 g/mol. The van der Waals surface area contributed by atoms with E-state index in [1.165, 1.54) is 0 Å². The Morgan fingerprint density at radius 3 is 2.67 bits per heavy atom. The lowest BCUT2D eigenvalue weighted by atomic mass is 10.1. The molecule has 0 bridgehead atoms. The number of Topliss-reactive ketones (excluding diaryl/α,β-unsaturated/α-hetero) is 1. The van der Waals surface area contributed by atoms with Crippen molar-refractivity contribution in [3.05, 3.63) is 47.2 Å². The zero-order valence-electron chi connectivity index (χ0n) is 15.9. The van der Waals surface area contributed by atoms with Crippen LogP contribution >= 0.6 is 0 Å². The number of oxazole rings is 1. The van der Waals surface area contributed by atoms with Gasteiger partial charge in [0.15, 0.2) is 11.4 Å². The summed E-state index contributed by atoms with van der Waals surface area (Å²) in [7, 11) is 0. The molecule has 0 N–H and O–H groups in total. The molecule has 7 heteroatoms. The minimum Gasteiger partial charge on any atom is -0.439 e. The molecule has 1 aliphatic rings. The van der Waals surface area contributed by atoms with Crippen LogP contribution in [0.5, 0.6) is 0 Å². The van der Waals surface area contributed by atoms with E-state index in [-0.39, 0.29) is 5.78 Å². The maximum absolute atomic E-state index is 11.5. The third-order valence-corrected chi connectivity index (χ3v) is 5.18. The number of carbonyl (C=O) groups is 1. The number of rotatable bonds is 4. The van der Waals surface area contributed by atoms with Gasteiger partial charge in [0.25, 0.3) is 0 Å². The molecule has 0 unspecified atom stereocenters. The number of ketones is 1. The first kappa shape index (κ1) is 17.6. The van der Waals surface area contributed by atoms with Gasteiger partial charge in [0, 0.05) is 43.0 Å². The Morgan fingerprint density at radius 2 is 1.93 bits per heavy atom. The second kappa shape index (κ2) is 7.08. The van der Waals surface area contributed by atoms with Gasteiger partial charge < -0.3 is 9.32 Å². The maximum atomic E-state index is 11.5. The molecule has 0 aliphatic carbocycles. The van der Waals surface area contributed by atoms with Crippen molar-refractivity contribution in [1.82, 2.24) is 19.9 Å². The number of hydrogen-bond acceptors (Lipinski definition) is 7. The molecule has 4 rings (SSSR count). The SMILES string of the molecule is CC(=O)c1ccc2nc(CN3CCN(c4ncnc(C)c4C)CC3)oc2c1. The van der Waals surface area contributed by atoms with Gasteiger partial charge in [-0.1, -0.05) is 0 Å². The van der Waals surface area contributed by atoms with Crippen LogP contribution < -0.4 is 4.90 Å². The van der Waals surface area contributed by atoms with E-state index in [9.17, 15) is 4.79 Å². The van der Waals surface area contributed by atoms with Gasteiger partial charge >= 0.3 is 0 Å². The molecule has 3 heterocycles. The van der Waals surface area contributed by atoms with Gasteiger partial charge in [0.2, 0.25) is 5.89 Å². The van der Waals surface area contributed by atoms with Gasteiger partial charge in [-0.05, 0) is 39.0 Å². The summed E-state index contributed by atoms with van der Waals surface area (Å²) in [5, 5.41) is 0. The molecule has 140 valence electrons. The van der Waals surface area contributed by atoms with E-state index in [0.29, 0.717) is 23.6 Å². The molecule has 0 amide bonds. The number of aryl methyl sites for hydroxylation is 1. The quantitative estimate of drug-likeness (QED) is 0.658. The van der Waals surface area contributed by atoms with Gasteiger partial charge in [-0.25, -0.2) is 15.0 Å². The Bertz CT molecular complexity index is 989. The first-order valence-corrected chi connectivity index (χ1v) is 9.17. The number of fused-ring (bicyclic) bond motifs is 1. The lowest BCUT2D eigenvalue weighted by Gasteiger charge is -2.35. The Labute approximate surface area is 158 Å². The molecule has 2 aromatic heterocycles. The van der Waals surface area contributed by atoms with Crippen LogP contribution in [-0.2, 0) is 6.54 Å². The third kappa shape index (κ3) is 3.55. The number of benzene rings is 1. The monoisotopic (exact) mass is 365 g/mol. The number of aromatic nitrogens is 3. The summed E-state index contributed by atoms with van der Waals surface area (Å²) >= 11 is 0. The Balaban J connectivity index is 1.42. The second-order valence-corrected chi connectivity index (χ2v) is 7.02. The molecule has 27 heavy (non-hydrogen) atoms. The van der Waals surface area contributed by atoms with Crippen molar-refractivity contribution < 1.29 is 9.21 Å². The predicted molar refractivity (Wildman–Crippen MR) is 103 cm³/mol. The molecule has 1 fully saturated rings. The normalized spacial score (nSPS) is 15.4. The van der Waals surface area contributed by atoms with Gasteiger partial charge in [0.05, 0.1) is 6.54 Å². The van der Waals surface area contributed by atoms with Crippen molar-refractivity contribution in [1.29, 1.82) is 0 Å². The standard InChI is InChI=1S/C20H23N5O2/c1-13-14(2)21-12-22-20(13)25-8-6-24(7-9-25)11-19-23-17-5-4-16(15(3)26)10-18(17)27-19/h4-5,10,12H,6-9,11H2,1-3H3. The number of piperazine rings is 1. The first-order valence-electron chi connectivity index (χ1n) is 9.17. The van der Waals surface area contributed by atoms with E-state index < -0.39 is 0 Å². The fraction of sp³-hybridized carbons (Fsp3) is 0.400. The Morgan fingerprint density at radius 1 is 1.15 bits per heavy atom. The first-order chi connectivity index (χ1) is 13.0. The lowest BCUT2D eigenvalue weighted by molar-refractivity contribution is 0.101. The van der Waals surface area contributed by atoms with Crippen molar-refractivity contribution in [2.45, 2.75) is 27.3 Å². The van der Waals surface area contributed by atoms with Crippen molar-refractivity contribution in [3.8, 4) is 0 Å². The van der Waals surface area contributed by atoms with Crippen LogP contribution in [-0.4, -0.2) is 51.8 Å². The summed E-state index contributed by atoms with van der Waals surface area (Å²) in [5.41, 5.74) is 4.28. The van der Waals surface area contributed by atoms with Gasteiger partial charge in [-0.3, -0.25) is 9.69 Å². The van der Waals surface area contributed by atoms with Crippen molar-refractivity contribution in [2.24, 2.45) is 0 Å². The molecule has 0 atom stereocenters. The summed E-state index contributed by atoms with van der Waals surface area (Å²) in [6, 6.07) is 5.41. The average molecular weight is 365 g/mol. The zero-order valence-corrected chi connectivity index (χ0v) is 15.9. The van der Waals surface area contributed by atoms with Crippen molar-refractivity contribution in [3.63, 3.8) is 0 Å². The highest BCUT2D eigenvalue weighted by Crippen LogP contribution is 2.22. The van der Waals surface area contributed by atoms with E-state index >= 15 is 0 Å². The summed E-state index contributed by atoms with van der Waals surface area (Å²) in [5.74, 6) is 1.75. The highest BCUT2D eigenvalue weighted by Gasteiger charge is 2.21. The fourth-order valence-corrected chi connectivity index (χ4v) is 3.41. The molecule has 1 aromatic carbocycles. The van der Waals surface area contributed by atoms with E-state index in [4.69, 9.17) is 4.42 Å². The van der Waals surface area contributed by atoms with Crippen molar-refractivity contribution in [2.75, 3.05) is 31.1 Å². The van der Waals surface area contributed by atoms with Crippen molar-refractivity contribution >= 4 is 22.7 Å². The van der Waals surface area contributed by atoms with Gasteiger partial charge in [0.1, 0.15) is 17.7 Å². The van der Waals surface area contributed by atoms with E-state index in [1.807, 2.05) is 13.0 Å². The van der Waals surface area contributed by atoms with Gasteiger partial charge in [-0.15, -0.1) is 0 Å². The Kier molecular flexibility index (Phi) is 4.61. The summed E-state index contributed by atoms with van der Waals surface area (Å²) < 4.78 is 5.87. The highest BCUT2D eigenvalue weighted by molar-refractivity contribution is 5.96. The summed E-state index contributed by atoms with van der Waals surface area (Å²) in [6.07, 6.45) is 1.64. The highest BCUT2D eigenvalue weighted by atomic mass is 16.3. The Hall–Kier alpha value is -2.80. The molecule has 0 saturated carbocycles. The van der Waals surface area contributed by atoms with E-state index in [2.05, 4.69) is 31.7 Å². The van der Waals surface area contributed by atoms with Crippen LogP contribution in [0.3, 0.4) is 0 Å². The zero-order chi connectivity index (χ0) is 19.0. The largest absolute Gasteiger partial charge is 0.439 e. The maximum Gasteiger partial charge on any atom is 0.209 e. The fourth-order valence-electron chi connectivity index (χ4n) is 3.41. The second-order valence-electron chi connectivity index (χ2n) is 7.02. The number of anilines is 1. The summed E-state index contributed by atoms with van der Waals surface area (Å²) in [4.78, 5) is 29.4. The van der Waals surface area contributed by atoms with Gasteiger partial charge in [-0.2, -0.15) is 0 Å². The third-order valence-electron chi connectivity index (χ3n) is 5.18. The average Bonchev–Trinajstić information content (AvgIpc) is 3.06. The summed E-state index contributed by atoms with van der Waals surface area (Å²) in [6.45, 7) is 9.96.